The second-order valence-corrected chi connectivity index (χ2v) is 7.06. The van der Waals surface area contributed by atoms with E-state index in [0.29, 0.717) is 24.6 Å². The molecular formula is C15H24N2O4S. The maximum absolute atomic E-state index is 12.6. The molecule has 1 aliphatic heterocycles. The Morgan fingerprint density at radius 2 is 1.95 bits per heavy atom. The first-order valence-corrected chi connectivity index (χ1v) is 9.01. The summed E-state index contributed by atoms with van der Waals surface area (Å²) in [5.41, 5.74) is 0. The summed E-state index contributed by atoms with van der Waals surface area (Å²) in [6.07, 6.45) is 4.58. The molecule has 2 fully saturated rings. The van der Waals surface area contributed by atoms with Gasteiger partial charge in [0.15, 0.2) is 0 Å². The zero-order chi connectivity index (χ0) is 16.1. The molecule has 0 aromatic heterocycles. The fourth-order valence-electron chi connectivity index (χ4n) is 3.10. The third-order valence-corrected chi connectivity index (χ3v) is 5.43. The van der Waals surface area contributed by atoms with Crippen molar-refractivity contribution in [2.75, 3.05) is 25.2 Å². The van der Waals surface area contributed by atoms with E-state index in [4.69, 9.17) is 5.11 Å². The largest absolute Gasteiger partial charge is 0.481 e. The Hall–Kier alpha value is -1.24. The number of amides is 2. The van der Waals surface area contributed by atoms with Gasteiger partial charge in [0, 0.05) is 31.7 Å². The van der Waals surface area contributed by atoms with Crippen LogP contribution in [0.4, 0.5) is 0 Å². The lowest BCUT2D eigenvalue weighted by Crippen LogP contribution is -2.49. The van der Waals surface area contributed by atoms with E-state index in [1.165, 1.54) is 0 Å². The van der Waals surface area contributed by atoms with E-state index in [0.717, 1.165) is 25.7 Å². The standard InChI is InChI=1S/C15H24N2O4S/c1-16(8-4-7-13(18)19)15(21)12-9-22-10-17(12)14(20)11-5-2-3-6-11/h11-12H,2-10H2,1H3,(H,18,19). The summed E-state index contributed by atoms with van der Waals surface area (Å²) < 4.78 is 0. The lowest BCUT2D eigenvalue weighted by Gasteiger charge is -2.29. The van der Waals surface area contributed by atoms with Gasteiger partial charge in [-0.25, -0.2) is 0 Å². The molecule has 22 heavy (non-hydrogen) atoms. The fourth-order valence-corrected chi connectivity index (χ4v) is 4.26. The molecular weight excluding hydrogens is 304 g/mol. The highest BCUT2D eigenvalue weighted by molar-refractivity contribution is 7.99. The predicted octanol–water partition coefficient (Wildman–Crippen LogP) is 1.40. The lowest BCUT2D eigenvalue weighted by molar-refractivity contribution is -0.145. The smallest absolute Gasteiger partial charge is 0.303 e. The van der Waals surface area contributed by atoms with Crippen molar-refractivity contribution in [3.63, 3.8) is 0 Å². The molecule has 1 N–H and O–H groups in total. The van der Waals surface area contributed by atoms with Gasteiger partial charge in [0.1, 0.15) is 6.04 Å². The van der Waals surface area contributed by atoms with Crippen molar-refractivity contribution >= 4 is 29.5 Å². The Morgan fingerprint density at radius 1 is 1.27 bits per heavy atom. The Balaban J connectivity index is 1.89. The SMILES string of the molecule is CN(CCCC(=O)O)C(=O)C1CSCN1C(=O)C1CCCC1. The monoisotopic (exact) mass is 328 g/mol. The third kappa shape index (κ3) is 4.15. The van der Waals surface area contributed by atoms with Crippen molar-refractivity contribution in [2.45, 2.75) is 44.6 Å². The molecule has 0 aromatic rings. The van der Waals surface area contributed by atoms with Gasteiger partial charge < -0.3 is 14.9 Å². The van der Waals surface area contributed by atoms with Crippen molar-refractivity contribution in [1.82, 2.24) is 9.80 Å². The van der Waals surface area contributed by atoms with Crippen molar-refractivity contribution < 1.29 is 19.5 Å². The van der Waals surface area contributed by atoms with Crippen molar-refractivity contribution in [1.29, 1.82) is 0 Å². The summed E-state index contributed by atoms with van der Waals surface area (Å²) >= 11 is 1.62. The van der Waals surface area contributed by atoms with Gasteiger partial charge in [0.05, 0.1) is 5.88 Å². The summed E-state index contributed by atoms with van der Waals surface area (Å²) in [6.45, 7) is 0.414. The second kappa shape index (κ2) is 7.85. The van der Waals surface area contributed by atoms with E-state index in [1.807, 2.05) is 0 Å². The average Bonchev–Trinajstić information content (AvgIpc) is 3.16. The summed E-state index contributed by atoms with van der Waals surface area (Å²) in [5, 5.41) is 8.65. The van der Waals surface area contributed by atoms with Crippen LogP contribution >= 0.6 is 11.8 Å². The van der Waals surface area contributed by atoms with Gasteiger partial charge in [-0.15, -0.1) is 11.8 Å². The van der Waals surface area contributed by atoms with Crippen LogP contribution in [0.2, 0.25) is 0 Å². The minimum atomic E-state index is -0.852. The number of aliphatic carboxylic acids is 1. The molecule has 1 aliphatic carbocycles. The number of likely N-dealkylation sites (N-methyl/N-ethyl adjacent to an activating group) is 1. The molecule has 1 unspecified atom stereocenters. The Kier molecular flexibility index (Phi) is 6.11. The number of carbonyl (C=O) groups excluding carboxylic acids is 2. The predicted molar refractivity (Wildman–Crippen MR) is 84.4 cm³/mol. The van der Waals surface area contributed by atoms with E-state index in [2.05, 4.69) is 0 Å². The van der Waals surface area contributed by atoms with E-state index in [1.54, 1.807) is 28.6 Å². The molecule has 2 aliphatic rings. The highest BCUT2D eigenvalue weighted by atomic mass is 32.2. The number of hydrogen-bond acceptors (Lipinski definition) is 4. The molecule has 0 spiro atoms. The van der Waals surface area contributed by atoms with E-state index < -0.39 is 5.97 Å². The summed E-state index contributed by atoms with van der Waals surface area (Å²) in [4.78, 5) is 38.9. The van der Waals surface area contributed by atoms with Gasteiger partial charge >= 0.3 is 5.97 Å². The first-order chi connectivity index (χ1) is 10.5. The number of rotatable bonds is 6. The normalized spacial score (nSPS) is 22.0. The van der Waals surface area contributed by atoms with Crippen LogP contribution in [0, 0.1) is 5.92 Å². The summed E-state index contributed by atoms with van der Waals surface area (Å²) in [7, 11) is 1.69. The lowest BCUT2D eigenvalue weighted by atomic mass is 10.1. The molecule has 1 atom stereocenters. The molecule has 0 aromatic carbocycles. The fraction of sp³-hybridized carbons (Fsp3) is 0.800. The number of hydrogen-bond donors (Lipinski definition) is 1. The maximum Gasteiger partial charge on any atom is 0.303 e. The number of carboxylic acid groups (broad SMARTS) is 1. The van der Waals surface area contributed by atoms with Gasteiger partial charge in [0.2, 0.25) is 11.8 Å². The van der Waals surface area contributed by atoms with E-state index in [-0.39, 0.29) is 30.2 Å². The zero-order valence-corrected chi connectivity index (χ0v) is 13.8. The minimum absolute atomic E-state index is 0.0573. The van der Waals surface area contributed by atoms with Crippen LogP contribution in [0.3, 0.4) is 0 Å². The van der Waals surface area contributed by atoms with Gasteiger partial charge in [-0.2, -0.15) is 0 Å². The topological polar surface area (TPSA) is 77.9 Å². The summed E-state index contributed by atoms with van der Waals surface area (Å²) in [5.74, 6) is 0.526. The van der Waals surface area contributed by atoms with Crippen LogP contribution in [0.15, 0.2) is 0 Å². The maximum atomic E-state index is 12.6. The Bertz CT molecular complexity index is 437. The molecule has 0 bridgehead atoms. The average molecular weight is 328 g/mol. The number of carbonyl (C=O) groups is 3. The van der Waals surface area contributed by atoms with Crippen LogP contribution in [0.25, 0.3) is 0 Å². The molecule has 1 saturated heterocycles. The summed E-state index contributed by atoms with van der Waals surface area (Å²) in [6, 6.07) is -0.382. The van der Waals surface area contributed by atoms with Crippen LogP contribution < -0.4 is 0 Å². The molecule has 7 heteroatoms. The van der Waals surface area contributed by atoms with Crippen molar-refractivity contribution in [2.24, 2.45) is 5.92 Å². The van der Waals surface area contributed by atoms with Crippen molar-refractivity contribution in [3.8, 4) is 0 Å². The van der Waals surface area contributed by atoms with Crippen LogP contribution in [-0.2, 0) is 14.4 Å². The van der Waals surface area contributed by atoms with Gasteiger partial charge in [-0.1, -0.05) is 12.8 Å². The molecule has 1 heterocycles. The number of thioether (sulfide) groups is 1. The number of carboxylic acids is 1. The van der Waals surface area contributed by atoms with Crippen molar-refractivity contribution in [3.05, 3.63) is 0 Å². The number of nitrogens with zero attached hydrogens (tertiary/aromatic N) is 2. The molecule has 6 nitrogen and oxygen atoms in total. The zero-order valence-electron chi connectivity index (χ0n) is 13.0. The second-order valence-electron chi connectivity index (χ2n) is 6.06. The molecule has 124 valence electrons. The molecule has 1 saturated carbocycles. The Labute approximate surface area is 135 Å². The molecule has 0 radical (unpaired) electrons. The van der Waals surface area contributed by atoms with Crippen LogP contribution in [0.5, 0.6) is 0 Å². The third-order valence-electron chi connectivity index (χ3n) is 4.42. The first kappa shape index (κ1) is 17.1. The van der Waals surface area contributed by atoms with Gasteiger partial charge in [-0.05, 0) is 19.3 Å². The minimum Gasteiger partial charge on any atom is -0.481 e. The van der Waals surface area contributed by atoms with E-state index in [9.17, 15) is 14.4 Å². The highest BCUT2D eigenvalue weighted by Gasteiger charge is 2.39. The van der Waals surface area contributed by atoms with Crippen LogP contribution in [-0.4, -0.2) is 64.0 Å². The highest BCUT2D eigenvalue weighted by Crippen LogP contribution is 2.31. The Morgan fingerprint density at radius 3 is 2.59 bits per heavy atom. The molecule has 2 rings (SSSR count). The quantitative estimate of drug-likeness (QED) is 0.797. The van der Waals surface area contributed by atoms with Gasteiger partial charge in [-0.3, -0.25) is 14.4 Å². The molecule has 2 amide bonds. The van der Waals surface area contributed by atoms with E-state index >= 15 is 0 Å². The van der Waals surface area contributed by atoms with Crippen LogP contribution in [0.1, 0.15) is 38.5 Å². The van der Waals surface area contributed by atoms with Gasteiger partial charge in [0.25, 0.3) is 0 Å². The first-order valence-electron chi connectivity index (χ1n) is 7.85.